The van der Waals surface area contributed by atoms with Gasteiger partial charge in [0.1, 0.15) is 40.5 Å². The second-order valence-electron chi connectivity index (χ2n) is 11.9. The topological polar surface area (TPSA) is 123 Å². The highest BCUT2D eigenvalue weighted by Gasteiger charge is 2.58. The van der Waals surface area contributed by atoms with Gasteiger partial charge in [0.15, 0.2) is 0 Å². The number of nitrogens with one attached hydrogen (secondary N) is 2. The molecular formula is C33H28F6N4O5. The van der Waals surface area contributed by atoms with Gasteiger partial charge in [-0.2, -0.15) is 13.2 Å². The van der Waals surface area contributed by atoms with Crippen molar-refractivity contribution in [1.82, 2.24) is 20.6 Å². The fraction of sp³-hybridized carbons (Fsp3) is 0.333. The van der Waals surface area contributed by atoms with Crippen molar-refractivity contribution >= 4 is 22.7 Å². The molecule has 2 aliphatic rings. The van der Waals surface area contributed by atoms with Crippen molar-refractivity contribution in [1.29, 1.82) is 0 Å². The Morgan fingerprint density at radius 3 is 2.46 bits per heavy atom. The number of aromatic nitrogens is 2. The van der Waals surface area contributed by atoms with Crippen molar-refractivity contribution in [2.45, 2.75) is 49.5 Å². The fourth-order valence-corrected chi connectivity index (χ4v) is 5.45. The largest absolute Gasteiger partial charge is 0.489 e. The van der Waals surface area contributed by atoms with E-state index < -0.39 is 59.1 Å². The maximum atomic E-state index is 14.8. The molecule has 15 heteroatoms. The van der Waals surface area contributed by atoms with Gasteiger partial charge in [-0.3, -0.25) is 14.6 Å². The number of hydrogen-bond acceptors (Lipinski definition) is 7. The molecule has 0 unspecified atom stereocenters. The summed E-state index contributed by atoms with van der Waals surface area (Å²) >= 11 is 0. The van der Waals surface area contributed by atoms with Crippen LogP contribution in [0.2, 0.25) is 0 Å². The van der Waals surface area contributed by atoms with Gasteiger partial charge in [0.2, 0.25) is 11.5 Å². The third-order valence-corrected chi connectivity index (χ3v) is 8.42. The summed E-state index contributed by atoms with van der Waals surface area (Å²) in [5, 5.41) is 16.0. The number of ether oxygens (including phenoxy) is 2. The molecule has 6 rings (SSSR count). The third-order valence-electron chi connectivity index (χ3n) is 8.42. The van der Waals surface area contributed by atoms with E-state index in [2.05, 4.69) is 20.6 Å². The summed E-state index contributed by atoms with van der Waals surface area (Å²) < 4.78 is 96.7. The zero-order valence-corrected chi connectivity index (χ0v) is 25.4. The van der Waals surface area contributed by atoms with Crippen molar-refractivity contribution in [3.05, 3.63) is 82.9 Å². The lowest BCUT2D eigenvalue weighted by Gasteiger charge is -2.31. The van der Waals surface area contributed by atoms with Gasteiger partial charge in [0.05, 0.1) is 18.3 Å². The van der Waals surface area contributed by atoms with E-state index in [1.165, 1.54) is 38.2 Å². The first-order chi connectivity index (χ1) is 22.6. The molecule has 3 N–H and O–H groups in total. The average molecular weight is 675 g/mol. The monoisotopic (exact) mass is 674 g/mol. The number of nitrogens with zero attached hydrogens (tertiary/aromatic N) is 2. The second-order valence-corrected chi connectivity index (χ2v) is 11.9. The van der Waals surface area contributed by atoms with Gasteiger partial charge in [-0.05, 0) is 68.3 Å². The van der Waals surface area contributed by atoms with Crippen LogP contribution in [0.3, 0.4) is 0 Å². The summed E-state index contributed by atoms with van der Waals surface area (Å²) in [6.07, 6.45) is -6.09. The van der Waals surface area contributed by atoms with Gasteiger partial charge in [-0.25, -0.2) is 18.2 Å². The number of halogens is 6. The number of carbonyl (C=O) groups is 2. The molecule has 4 aromatic rings. The zero-order valence-electron chi connectivity index (χ0n) is 25.4. The molecule has 0 bridgehead atoms. The van der Waals surface area contributed by atoms with Gasteiger partial charge in [0.25, 0.3) is 12.3 Å². The Hall–Kier alpha value is -4.92. The summed E-state index contributed by atoms with van der Waals surface area (Å²) in [7, 11) is 1.34. The summed E-state index contributed by atoms with van der Waals surface area (Å²) in [5.74, 6) is -2.23. The van der Waals surface area contributed by atoms with Crippen molar-refractivity contribution in [3.63, 3.8) is 0 Å². The van der Waals surface area contributed by atoms with Gasteiger partial charge in [-0.15, -0.1) is 0 Å². The fourth-order valence-electron chi connectivity index (χ4n) is 5.45. The molecule has 1 fully saturated rings. The van der Waals surface area contributed by atoms with E-state index in [1.54, 1.807) is 0 Å². The van der Waals surface area contributed by atoms with Crippen molar-refractivity contribution in [3.8, 4) is 22.8 Å². The van der Waals surface area contributed by atoms with Crippen molar-refractivity contribution in [2.75, 3.05) is 20.2 Å². The maximum Gasteiger partial charge on any atom is 0.424 e. The van der Waals surface area contributed by atoms with Crippen LogP contribution in [-0.4, -0.2) is 59.4 Å². The zero-order chi connectivity index (χ0) is 34.6. The number of pyridine rings is 2. The van der Waals surface area contributed by atoms with E-state index in [0.717, 1.165) is 30.5 Å². The summed E-state index contributed by atoms with van der Waals surface area (Å²) in [4.78, 5) is 34.4. The van der Waals surface area contributed by atoms with Crippen LogP contribution >= 0.6 is 0 Å². The van der Waals surface area contributed by atoms with Crippen LogP contribution < -0.4 is 20.1 Å². The minimum atomic E-state index is -5.43. The Balaban J connectivity index is 1.41. The first-order valence-electron chi connectivity index (χ1n) is 14.8. The third kappa shape index (κ3) is 5.86. The van der Waals surface area contributed by atoms with Gasteiger partial charge in [0, 0.05) is 40.9 Å². The number of alkyl halides is 5. The van der Waals surface area contributed by atoms with Crippen molar-refractivity contribution < 1.29 is 50.5 Å². The molecule has 1 saturated carbocycles. The predicted molar refractivity (Wildman–Crippen MR) is 159 cm³/mol. The summed E-state index contributed by atoms with van der Waals surface area (Å²) in [6.45, 7) is -0.259. The van der Waals surface area contributed by atoms with Gasteiger partial charge < -0.3 is 25.2 Å². The molecule has 2 atom stereocenters. The van der Waals surface area contributed by atoms with Crippen LogP contribution in [0.5, 0.6) is 11.5 Å². The predicted octanol–water partition coefficient (Wildman–Crippen LogP) is 5.49. The lowest BCUT2D eigenvalue weighted by Crippen LogP contribution is -2.52. The van der Waals surface area contributed by atoms with Crippen LogP contribution in [0.15, 0.2) is 54.7 Å². The minimum Gasteiger partial charge on any atom is -0.489 e. The number of aliphatic hydroxyl groups is 1. The molecule has 1 aliphatic carbocycles. The molecule has 1 aliphatic heterocycles. The second kappa shape index (κ2) is 12.0. The van der Waals surface area contributed by atoms with Crippen molar-refractivity contribution in [2.24, 2.45) is 0 Å². The van der Waals surface area contributed by atoms with Crippen LogP contribution in [0.25, 0.3) is 22.2 Å². The molecule has 2 aromatic heterocycles. The number of rotatable bonds is 9. The van der Waals surface area contributed by atoms with Crippen LogP contribution in [0, 0.1) is 5.82 Å². The lowest BCUT2D eigenvalue weighted by atomic mass is 9.81. The van der Waals surface area contributed by atoms with Gasteiger partial charge in [-0.1, -0.05) is 0 Å². The Kier molecular flexibility index (Phi) is 8.22. The number of hydrogen-bond donors (Lipinski definition) is 3. The maximum absolute atomic E-state index is 14.8. The van der Waals surface area contributed by atoms with E-state index in [1.807, 2.05) is 0 Å². The highest BCUT2D eigenvalue weighted by molar-refractivity contribution is 6.00. The van der Waals surface area contributed by atoms with Crippen LogP contribution in [-0.2, 0) is 15.8 Å². The van der Waals surface area contributed by atoms with E-state index >= 15 is 0 Å². The Labute approximate surface area is 269 Å². The van der Waals surface area contributed by atoms with E-state index in [9.17, 15) is 41.0 Å². The normalized spacial score (nSPS) is 18.6. The first-order valence-corrected chi connectivity index (χ1v) is 14.8. The number of amides is 2. The first kappa shape index (κ1) is 33.0. The number of carbonyl (C=O) groups excluding carboxylic acids is 2. The summed E-state index contributed by atoms with van der Waals surface area (Å²) in [5.41, 5.74) is -6.82. The minimum absolute atomic E-state index is 0.0149. The number of benzene rings is 2. The number of likely N-dealkylation sites (N-methyl/N-ethyl adjacent to an activating group) is 1. The summed E-state index contributed by atoms with van der Waals surface area (Å²) in [6, 6.07) is 9.06. The molecular weight excluding hydrogens is 646 g/mol. The SMILES string of the molecule is CNC(=O)[C@@]1(C)COc2c1cc([C@@](O)(CNC(=O)c1cc(OC3CC3)c3ncc(C(F)F)cc3c1)C(F)(F)F)nc2-c1ccc(F)cc1. The Bertz CT molecular complexity index is 1920. The molecule has 48 heavy (non-hydrogen) atoms. The number of fused-ring (bicyclic) bond motifs is 2. The molecule has 0 saturated heterocycles. The molecule has 2 amide bonds. The standard InChI is InChI=1S/C33H28F6N4O5/c1-31(30(45)40-2)15-47-27-22(31)12-24(43-26(27)16-3-5-20(34)6-4-16)32(46,33(37,38)39)14-42-29(44)18-9-17-10-19(28(35)36)13-41-25(17)23(11-18)48-21-7-8-21/h3-6,9-13,21,28,46H,7-8,14-15H2,1-2H3,(H,40,45)(H,42,44)/t31-,32-/m0/s1. The molecule has 0 spiro atoms. The van der Waals surface area contributed by atoms with E-state index in [0.29, 0.717) is 12.8 Å². The lowest BCUT2D eigenvalue weighted by molar-refractivity contribution is -0.265. The highest BCUT2D eigenvalue weighted by atomic mass is 19.4. The smallest absolute Gasteiger partial charge is 0.424 e. The average Bonchev–Trinajstić information content (AvgIpc) is 3.81. The highest BCUT2D eigenvalue weighted by Crippen LogP contribution is 2.48. The van der Waals surface area contributed by atoms with E-state index in [-0.39, 0.29) is 57.5 Å². The Morgan fingerprint density at radius 1 is 1.12 bits per heavy atom. The van der Waals surface area contributed by atoms with Gasteiger partial charge >= 0.3 is 6.18 Å². The Morgan fingerprint density at radius 2 is 1.83 bits per heavy atom. The molecule has 252 valence electrons. The molecule has 0 radical (unpaired) electrons. The van der Waals surface area contributed by atoms with E-state index in [4.69, 9.17) is 9.47 Å². The molecule has 9 nitrogen and oxygen atoms in total. The molecule has 2 aromatic carbocycles. The quantitative estimate of drug-likeness (QED) is 0.201. The van der Waals surface area contributed by atoms with Crippen LogP contribution in [0.1, 0.15) is 53.4 Å². The van der Waals surface area contributed by atoms with Crippen LogP contribution in [0.4, 0.5) is 26.3 Å². The molecule has 3 heterocycles.